The molecule has 112 valence electrons. The molecule has 0 saturated carbocycles. The lowest BCUT2D eigenvalue weighted by Crippen LogP contribution is -2.40. The number of furan rings is 1. The highest BCUT2D eigenvalue weighted by Crippen LogP contribution is 2.26. The summed E-state index contributed by atoms with van der Waals surface area (Å²) in [7, 11) is -2.28. The topological polar surface area (TPSA) is 103 Å². The number of hydrogen-bond acceptors (Lipinski definition) is 5. The molecule has 0 spiro atoms. The highest BCUT2D eigenvalue weighted by Gasteiger charge is 2.28. The predicted octanol–water partition coefficient (Wildman–Crippen LogP) is 0.941. The van der Waals surface area contributed by atoms with E-state index in [9.17, 15) is 13.2 Å². The SMILES string of the molecule is COC1CCN(C(=O)c2cc(S(N)(=O)=O)c(Br)o2)CC1. The zero-order valence-corrected chi connectivity index (χ0v) is 13.2. The van der Waals surface area contributed by atoms with Gasteiger partial charge in [0.1, 0.15) is 4.90 Å². The third-order valence-electron chi connectivity index (χ3n) is 3.24. The normalized spacial score (nSPS) is 17.4. The quantitative estimate of drug-likeness (QED) is 0.857. The third kappa shape index (κ3) is 3.22. The maximum Gasteiger partial charge on any atom is 0.289 e. The van der Waals surface area contributed by atoms with Crippen LogP contribution in [0.2, 0.25) is 0 Å². The van der Waals surface area contributed by atoms with E-state index in [0.717, 1.165) is 18.9 Å². The number of halogens is 1. The predicted molar refractivity (Wildman–Crippen MR) is 73.7 cm³/mol. The van der Waals surface area contributed by atoms with Crippen molar-refractivity contribution >= 4 is 31.9 Å². The van der Waals surface area contributed by atoms with E-state index in [0.29, 0.717) is 13.1 Å². The Balaban J connectivity index is 2.15. The second kappa shape index (κ2) is 5.84. The number of hydrogen-bond donors (Lipinski definition) is 1. The molecule has 9 heteroatoms. The number of nitrogens with two attached hydrogens (primary N) is 1. The molecule has 1 aromatic rings. The fourth-order valence-corrected chi connectivity index (χ4v) is 3.60. The number of piperidine rings is 1. The Morgan fingerprint density at radius 3 is 2.55 bits per heavy atom. The molecule has 1 aromatic heterocycles. The summed E-state index contributed by atoms with van der Waals surface area (Å²) in [6.45, 7) is 1.08. The number of methoxy groups -OCH3 is 1. The van der Waals surface area contributed by atoms with E-state index >= 15 is 0 Å². The van der Waals surface area contributed by atoms with Crippen molar-refractivity contribution in [1.82, 2.24) is 4.90 Å². The van der Waals surface area contributed by atoms with Crippen molar-refractivity contribution in [3.8, 4) is 0 Å². The van der Waals surface area contributed by atoms with E-state index in [1.165, 1.54) is 0 Å². The van der Waals surface area contributed by atoms with Gasteiger partial charge in [0, 0.05) is 26.3 Å². The van der Waals surface area contributed by atoms with E-state index in [1.54, 1.807) is 12.0 Å². The van der Waals surface area contributed by atoms with Crippen LogP contribution in [0, 0.1) is 0 Å². The fraction of sp³-hybridized carbons (Fsp3) is 0.545. The number of nitrogens with zero attached hydrogens (tertiary/aromatic N) is 1. The summed E-state index contributed by atoms with van der Waals surface area (Å²) in [5, 5.41) is 5.03. The van der Waals surface area contributed by atoms with Crippen LogP contribution in [-0.2, 0) is 14.8 Å². The molecule has 1 aliphatic rings. The molecule has 0 aromatic carbocycles. The summed E-state index contributed by atoms with van der Waals surface area (Å²) in [5.74, 6) is -0.396. The van der Waals surface area contributed by atoms with Gasteiger partial charge < -0.3 is 14.1 Å². The van der Waals surface area contributed by atoms with Crippen LogP contribution in [0.5, 0.6) is 0 Å². The number of amides is 1. The van der Waals surface area contributed by atoms with Crippen molar-refractivity contribution in [2.45, 2.75) is 23.8 Å². The second-order valence-corrected chi connectivity index (χ2v) is 6.77. The maximum atomic E-state index is 12.2. The minimum Gasteiger partial charge on any atom is -0.443 e. The average molecular weight is 367 g/mol. The Bertz CT molecular complexity index is 604. The lowest BCUT2D eigenvalue weighted by Gasteiger charge is -2.30. The summed E-state index contributed by atoms with van der Waals surface area (Å²) in [5.41, 5.74) is 0. The lowest BCUT2D eigenvalue weighted by atomic mass is 10.1. The summed E-state index contributed by atoms with van der Waals surface area (Å²) in [4.78, 5) is 13.6. The van der Waals surface area contributed by atoms with Gasteiger partial charge in [-0.3, -0.25) is 4.79 Å². The summed E-state index contributed by atoms with van der Waals surface area (Å²) >= 11 is 2.95. The van der Waals surface area contributed by atoms with Crippen LogP contribution < -0.4 is 5.14 Å². The van der Waals surface area contributed by atoms with Crippen molar-refractivity contribution in [1.29, 1.82) is 0 Å². The van der Waals surface area contributed by atoms with Crippen molar-refractivity contribution in [3.63, 3.8) is 0 Å². The van der Waals surface area contributed by atoms with Gasteiger partial charge >= 0.3 is 0 Å². The Hall–Kier alpha value is -0.900. The molecule has 1 amide bonds. The molecule has 0 aliphatic carbocycles. The van der Waals surface area contributed by atoms with E-state index in [-0.39, 0.29) is 27.3 Å². The van der Waals surface area contributed by atoms with E-state index in [1.807, 2.05) is 0 Å². The first-order valence-corrected chi connectivity index (χ1v) is 8.31. The summed E-state index contributed by atoms with van der Waals surface area (Å²) in [6, 6.07) is 1.14. The standard InChI is InChI=1S/C11H15BrN2O5S/c1-18-7-2-4-14(5-3-7)11(15)8-6-9(10(12)19-8)20(13,16)17/h6-7H,2-5H2,1H3,(H2,13,16,17). The fourth-order valence-electron chi connectivity index (χ4n) is 2.10. The average Bonchev–Trinajstić information content (AvgIpc) is 2.80. The molecule has 2 N–H and O–H groups in total. The number of primary sulfonamides is 1. The highest BCUT2D eigenvalue weighted by atomic mass is 79.9. The van der Waals surface area contributed by atoms with Crippen LogP contribution in [0.3, 0.4) is 0 Å². The summed E-state index contributed by atoms with van der Waals surface area (Å²) in [6.07, 6.45) is 1.64. The lowest BCUT2D eigenvalue weighted by molar-refractivity contribution is 0.0334. The molecule has 0 radical (unpaired) electrons. The molecule has 7 nitrogen and oxygen atoms in total. The zero-order valence-electron chi connectivity index (χ0n) is 10.8. The maximum absolute atomic E-state index is 12.2. The van der Waals surface area contributed by atoms with Crippen LogP contribution in [0.15, 0.2) is 20.0 Å². The molecule has 0 unspecified atom stereocenters. The summed E-state index contributed by atoms with van der Waals surface area (Å²) < 4.78 is 32.9. The number of rotatable bonds is 3. The molecule has 2 rings (SSSR count). The number of carbonyl (C=O) groups is 1. The van der Waals surface area contributed by atoms with Gasteiger partial charge in [0.25, 0.3) is 5.91 Å². The van der Waals surface area contributed by atoms with Crippen molar-refractivity contribution < 1.29 is 22.4 Å². The Kier molecular flexibility index (Phi) is 4.52. The molecule has 2 heterocycles. The van der Waals surface area contributed by atoms with Crippen LogP contribution in [-0.4, -0.2) is 45.5 Å². The van der Waals surface area contributed by atoms with Crippen molar-refractivity contribution in [3.05, 3.63) is 16.5 Å². The van der Waals surface area contributed by atoms with Gasteiger partial charge in [-0.2, -0.15) is 0 Å². The first-order chi connectivity index (χ1) is 9.32. The number of likely N-dealkylation sites (tertiary alicyclic amines) is 1. The van der Waals surface area contributed by atoms with Gasteiger partial charge in [-0.05, 0) is 28.8 Å². The van der Waals surface area contributed by atoms with E-state index in [2.05, 4.69) is 15.9 Å². The number of ether oxygens (including phenoxy) is 1. The molecule has 0 bridgehead atoms. The minimum atomic E-state index is -3.92. The Morgan fingerprint density at radius 1 is 1.50 bits per heavy atom. The van der Waals surface area contributed by atoms with Crippen LogP contribution in [0.4, 0.5) is 0 Å². The van der Waals surface area contributed by atoms with E-state index in [4.69, 9.17) is 14.3 Å². The van der Waals surface area contributed by atoms with Gasteiger partial charge in [0.2, 0.25) is 10.0 Å². The second-order valence-electron chi connectivity index (χ2n) is 4.52. The molecule has 1 fully saturated rings. The number of sulfonamides is 1. The van der Waals surface area contributed by atoms with Crippen molar-refractivity contribution in [2.75, 3.05) is 20.2 Å². The van der Waals surface area contributed by atoms with Gasteiger partial charge in [-0.15, -0.1) is 0 Å². The van der Waals surface area contributed by atoms with Crippen LogP contribution in [0.1, 0.15) is 23.4 Å². The molecular weight excluding hydrogens is 352 g/mol. The van der Waals surface area contributed by atoms with Gasteiger partial charge in [-0.1, -0.05) is 0 Å². The largest absolute Gasteiger partial charge is 0.443 e. The number of carbonyl (C=O) groups excluding carboxylic acids is 1. The minimum absolute atomic E-state index is 0.0447. The van der Waals surface area contributed by atoms with Gasteiger partial charge in [0.05, 0.1) is 6.10 Å². The van der Waals surface area contributed by atoms with Crippen molar-refractivity contribution in [2.24, 2.45) is 5.14 Å². The molecule has 1 aliphatic heterocycles. The first-order valence-electron chi connectivity index (χ1n) is 5.97. The molecule has 0 atom stereocenters. The zero-order chi connectivity index (χ0) is 14.9. The van der Waals surface area contributed by atoms with Gasteiger partial charge in [-0.25, -0.2) is 13.6 Å². The molecule has 20 heavy (non-hydrogen) atoms. The molecular formula is C11H15BrN2O5S. The monoisotopic (exact) mass is 366 g/mol. The third-order valence-corrected chi connectivity index (χ3v) is 5.00. The Labute approximate surface area is 125 Å². The highest BCUT2D eigenvalue weighted by molar-refractivity contribution is 9.10. The Morgan fingerprint density at radius 2 is 2.10 bits per heavy atom. The van der Waals surface area contributed by atoms with Crippen LogP contribution >= 0.6 is 15.9 Å². The van der Waals surface area contributed by atoms with E-state index < -0.39 is 10.0 Å². The first kappa shape index (κ1) is 15.5. The smallest absolute Gasteiger partial charge is 0.289 e. The molecule has 1 saturated heterocycles. The van der Waals surface area contributed by atoms with Gasteiger partial charge in [0.15, 0.2) is 10.4 Å². The van der Waals surface area contributed by atoms with Crippen LogP contribution in [0.25, 0.3) is 0 Å².